The van der Waals surface area contributed by atoms with Crippen LogP contribution in [0.25, 0.3) is 0 Å². The van der Waals surface area contributed by atoms with Crippen molar-refractivity contribution in [1.29, 1.82) is 0 Å². The van der Waals surface area contributed by atoms with E-state index in [-0.39, 0.29) is 6.10 Å². The first-order valence-corrected chi connectivity index (χ1v) is 6.49. The Morgan fingerprint density at radius 2 is 2.19 bits per heavy atom. The maximum Gasteiger partial charge on any atom is 0.0791 e. The molecule has 1 rings (SSSR count). The molecule has 2 unspecified atom stereocenters. The molecular weight excluding hydrogens is 220 g/mol. The largest absolute Gasteiger partial charge is 0.390 e. The summed E-state index contributed by atoms with van der Waals surface area (Å²) in [4.78, 5) is 3.35. The van der Waals surface area contributed by atoms with Gasteiger partial charge in [-0.1, -0.05) is 0 Å². The Hall–Kier alpha value is -0.420. The molecule has 0 aliphatic rings. The van der Waals surface area contributed by atoms with Gasteiger partial charge < -0.3 is 15.3 Å². The van der Waals surface area contributed by atoms with Crippen LogP contribution in [0.15, 0.2) is 11.4 Å². The van der Waals surface area contributed by atoms with Crippen molar-refractivity contribution in [1.82, 2.24) is 10.2 Å². The van der Waals surface area contributed by atoms with Crippen LogP contribution in [0.5, 0.6) is 0 Å². The van der Waals surface area contributed by atoms with Gasteiger partial charge in [0.15, 0.2) is 0 Å². The standard InChI is InChI=1S/C12H22N2OS/c1-9-5-6-16-12(9)10(2)13-7-11(15)8-14(3)4/h5-6,10-11,13,15H,7-8H2,1-4H3. The highest BCUT2D eigenvalue weighted by molar-refractivity contribution is 7.10. The molecule has 0 spiro atoms. The number of likely N-dealkylation sites (N-methyl/N-ethyl adjacent to an activating group) is 1. The van der Waals surface area contributed by atoms with E-state index in [1.807, 2.05) is 19.0 Å². The number of aliphatic hydroxyl groups excluding tert-OH is 1. The van der Waals surface area contributed by atoms with Crippen LogP contribution in [-0.4, -0.2) is 43.3 Å². The van der Waals surface area contributed by atoms with Crippen LogP contribution in [0.1, 0.15) is 23.4 Å². The molecule has 0 saturated carbocycles. The fraction of sp³-hybridized carbons (Fsp3) is 0.667. The first-order chi connectivity index (χ1) is 7.50. The average Bonchev–Trinajstić information content (AvgIpc) is 2.60. The molecule has 0 aromatic carbocycles. The topological polar surface area (TPSA) is 35.5 Å². The van der Waals surface area contributed by atoms with Crippen LogP contribution >= 0.6 is 11.3 Å². The van der Waals surface area contributed by atoms with Crippen molar-refractivity contribution in [2.75, 3.05) is 27.2 Å². The van der Waals surface area contributed by atoms with E-state index in [9.17, 15) is 5.11 Å². The number of aryl methyl sites for hydroxylation is 1. The van der Waals surface area contributed by atoms with Gasteiger partial charge in [-0.15, -0.1) is 11.3 Å². The second kappa shape index (κ2) is 6.35. The number of nitrogens with zero attached hydrogens (tertiary/aromatic N) is 1. The zero-order chi connectivity index (χ0) is 12.1. The van der Waals surface area contributed by atoms with Gasteiger partial charge in [0.1, 0.15) is 0 Å². The van der Waals surface area contributed by atoms with Crippen LogP contribution in [-0.2, 0) is 0 Å². The lowest BCUT2D eigenvalue weighted by Crippen LogP contribution is -2.35. The van der Waals surface area contributed by atoms with Crippen molar-refractivity contribution in [3.05, 3.63) is 21.9 Å². The molecule has 1 aromatic rings. The van der Waals surface area contributed by atoms with Crippen LogP contribution in [0.2, 0.25) is 0 Å². The lowest BCUT2D eigenvalue weighted by molar-refractivity contribution is 0.132. The van der Waals surface area contributed by atoms with E-state index in [0.717, 1.165) is 0 Å². The highest BCUT2D eigenvalue weighted by Crippen LogP contribution is 2.23. The van der Waals surface area contributed by atoms with Crippen molar-refractivity contribution < 1.29 is 5.11 Å². The Bertz CT molecular complexity index is 312. The Kier molecular flexibility index (Phi) is 5.41. The zero-order valence-electron chi connectivity index (χ0n) is 10.5. The van der Waals surface area contributed by atoms with E-state index in [1.54, 1.807) is 11.3 Å². The first-order valence-electron chi connectivity index (χ1n) is 5.61. The summed E-state index contributed by atoms with van der Waals surface area (Å²) in [5.41, 5.74) is 1.33. The second-order valence-electron chi connectivity index (χ2n) is 4.51. The summed E-state index contributed by atoms with van der Waals surface area (Å²) in [6.07, 6.45) is -0.308. The number of hydrogen-bond donors (Lipinski definition) is 2. The average molecular weight is 242 g/mol. The molecule has 2 N–H and O–H groups in total. The van der Waals surface area contributed by atoms with Crippen molar-refractivity contribution in [3.63, 3.8) is 0 Å². The predicted molar refractivity (Wildman–Crippen MR) is 70.0 cm³/mol. The van der Waals surface area contributed by atoms with Gasteiger partial charge in [0.25, 0.3) is 0 Å². The van der Waals surface area contributed by atoms with E-state index in [1.165, 1.54) is 10.4 Å². The van der Waals surface area contributed by atoms with Crippen molar-refractivity contribution >= 4 is 11.3 Å². The van der Waals surface area contributed by atoms with Crippen LogP contribution in [0.3, 0.4) is 0 Å². The number of aliphatic hydroxyl groups is 1. The van der Waals surface area contributed by atoms with Crippen LogP contribution in [0.4, 0.5) is 0 Å². The van der Waals surface area contributed by atoms with Crippen molar-refractivity contribution in [2.45, 2.75) is 26.0 Å². The van der Waals surface area contributed by atoms with E-state index in [2.05, 4.69) is 30.6 Å². The maximum atomic E-state index is 9.73. The van der Waals surface area contributed by atoms with Gasteiger partial charge in [0.05, 0.1) is 6.10 Å². The molecule has 0 amide bonds. The summed E-state index contributed by atoms with van der Waals surface area (Å²) >= 11 is 1.77. The molecule has 0 aliphatic carbocycles. The third-order valence-corrected chi connectivity index (χ3v) is 3.73. The van der Waals surface area contributed by atoms with E-state index in [4.69, 9.17) is 0 Å². The molecule has 0 fully saturated rings. The fourth-order valence-corrected chi connectivity index (χ4v) is 2.68. The van der Waals surface area contributed by atoms with Crippen molar-refractivity contribution in [3.8, 4) is 0 Å². The lowest BCUT2D eigenvalue weighted by atomic mass is 10.2. The van der Waals surface area contributed by atoms with Crippen LogP contribution < -0.4 is 5.32 Å². The molecule has 0 radical (unpaired) electrons. The lowest BCUT2D eigenvalue weighted by Gasteiger charge is -2.19. The highest BCUT2D eigenvalue weighted by Gasteiger charge is 2.11. The fourth-order valence-electron chi connectivity index (χ4n) is 1.72. The molecule has 0 aliphatic heterocycles. The summed E-state index contributed by atoms with van der Waals surface area (Å²) in [7, 11) is 3.94. The molecule has 16 heavy (non-hydrogen) atoms. The van der Waals surface area contributed by atoms with Gasteiger partial charge in [-0.25, -0.2) is 0 Å². The molecule has 4 heteroatoms. The summed E-state index contributed by atoms with van der Waals surface area (Å²) < 4.78 is 0. The first kappa shape index (κ1) is 13.6. The Morgan fingerprint density at radius 3 is 2.69 bits per heavy atom. The zero-order valence-corrected chi connectivity index (χ0v) is 11.3. The number of nitrogens with one attached hydrogen (secondary N) is 1. The quantitative estimate of drug-likeness (QED) is 0.796. The molecule has 0 saturated heterocycles. The normalized spacial score (nSPS) is 15.4. The molecular formula is C12H22N2OS. The van der Waals surface area contributed by atoms with Gasteiger partial charge in [0.2, 0.25) is 0 Å². The number of thiophene rings is 1. The SMILES string of the molecule is Cc1ccsc1C(C)NCC(O)CN(C)C. The molecule has 92 valence electrons. The van der Waals surface area contributed by atoms with Gasteiger partial charge in [-0.3, -0.25) is 0 Å². The number of rotatable bonds is 6. The third kappa shape index (κ3) is 4.22. The summed E-state index contributed by atoms with van der Waals surface area (Å²) in [6, 6.07) is 2.45. The third-order valence-electron chi connectivity index (χ3n) is 2.53. The van der Waals surface area contributed by atoms with E-state index >= 15 is 0 Å². The summed E-state index contributed by atoms with van der Waals surface area (Å²) in [6.45, 7) is 5.60. The summed E-state index contributed by atoms with van der Waals surface area (Å²) in [5.74, 6) is 0. The monoisotopic (exact) mass is 242 g/mol. The molecule has 1 heterocycles. The van der Waals surface area contributed by atoms with Crippen LogP contribution in [0, 0.1) is 6.92 Å². The van der Waals surface area contributed by atoms with E-state index in [0.29, 0.717) is 19.1 Å². The smallest absolute Gasteiger partial charge is 0.0791 e. The minimum Gasteiger partial charge on any atom is -0.390 e. The molecule has 1 aromatic heterocycles. The second-order valence-corrected chi connectivity index (χ2v) is 5.46. The van der Waals surface area contributed by atoms with Gasteiger partial charge in [0, 0.05) is 24.0 Å². The van der Waals surface area contributed by atoms with Gasteiger partial charge in [-0.05, 0) is 45.0 Å². The molecule has 2 atom stereocenters. The number of hydrogen-bond acceptors (Lipinski definition) is 4. The van der Waals surface area contributed by atoms with Gasteiger partial charge >= 0.3 is 0 Å². The summed E-state index contributed by atoms with van der Waals surface area (Å²) in [5, 5.41) is 15.2. The highest BCUT2D eigenvalue weighted by atomic mass is 32.1. The van der Waals surface area contributed by atoms with E-state index < -0.39 is 0 Å². The van der Waals surface area contributed by atoms with Crippen molar-refractivity contribution in [2.24, 2.45) is 0 Å². The molecule has 0 bridgehead atoms. The molecule has 3 nitrogen and oxygen atoms in total. The Morgan fingerprint density at radius 1 is 1.50 bits per heavy atom. The minimum absolute atomic E-state index is 0.308. The van der Waals surface area contributed by atoms with Gasteiger partial charge in [-0.2, -0.15) is 0 Å². The minimum atomic E-state index is -0.308. The Balaban J connectivity index is 2.35. The Labute approximate surface area is 102 Å². The predicted octanol–water partition coefficient (Wildman–Crippen LogP) is 1.63. The maximum absolute atomic E-state index is 9.73.